The van der Waals surface area contributed by atoms with Crippen LogP contribution in [0.15, 0.2) is 33.7 Å². The Kier molecular flexibility index (Phi) is 2.98. The summed E-state index contributed by atoms with van der Waals surface area (Å²) < 4.78 is 43.4. The van der Waals surface area contributed by atoms with Crippen molar-refractivity contribution in [1.29, 1.82) is 0 Å². The molecule has 0 spiro atoms. The first-order chi connectivity index (χ1) is 8.38. The molecule has 0 bridgehead atoms. The zero-order valence-corrected chi connectivity index (χ0v) is 9.36. The number of rotatable bonds is 2. The standard InChI is InChI=1S/C11H9F3N2O2/c1-7-5-8(18-15-7)6-16-4-2-3-9(10(16)17)11(12,13)14/h2-5H,6H2,1H3. The van der Waals surface area contributed by atoms with Crippen LogP contribution in [0.5, 0.6) is 0 Å². The SMILES string of the molecule is Cc1cc(Cn2cccc(C(F)(F)F)c2=O)on1. The van der Waals surface area contributed by atoms with Gasteiger partial charge in [-0.2, -0.15) is 13.2 Å². The average Bonchev–Trinajstić information content (AvgIpc) is 2.65. The van der Waals surface area contributed by atoms with E-state index in [-0.39, 0.29) is 6.54 Å². The zero-order valence-electron chi connectivity index (χ0n) is 9.36. The zero-order chi connectivity index (χ0) is 13.3. The van der Waals surface area contributed by atoms with Crippen molar-refractivity contribution in [3.63, 3.8) is 0 Å². The number of nitrogens with zero attached hydrogens (tertiary/aromatic N) is 2. The number of alkyl halides is 3. The van der Waals surface area contributed by atoms with Gasteiger partial charge in [-0.05, 0) is 19.1 Å². The summed E-state index contributed by atoms with van der Waals surface area (Å²) in [6.07, 6.45) is -3.38. The monoisotopic (exact) mass is 258 g/mol. The van der Waals surface area contributed by atoms with Crippen molar-refractivity contribution in [3.05, 3.63) is 51.8 Å². The lowest BCUT2D eigenvalue weighted by Gasteiger charge is -2.08. The number of aromatic nitrogens is 2. The molecule has 0 aliphatic carbocycles. The number of pyridine rings is 1. The fraction of sp³-hybridized carbons (Fsp3) is 0.273. The molecule has 0 unspecified atom stereocenters. The molecule has 0 saturated heterocycles. The topological polar surface area (TPSA) is 48.0 Å². The fourth-order valence-electron chi connectivity index (χ4n) is 1.54. The van der Waals surface area contributed by atoms with Gasteiger partial charge in [0, 0.05) is 12.3 Å². The first-order valence-electron chi connectivity index (χ1n) is 5.07. The van der Waals surface area contributed by atoms with Gasteiger partial charge < -0.3 is 9.09 Å². The highest BCUT2D eigenvalue weighted by Crippen LogP contribution is 2.26. The minimum atomic E-state index is -4.66. The van der Waals surface area contributed by atoms with E-state index in [9.17, 15) is 18.0 Å². The largest absolute Gasteiger partial charge is 0.421 e. The van der Waals surface area contributed by atoms with Crippen LogP contribution in [0.25, 0.3) is 0 Å². The van der Waals surface area contributed by atoms with Crippen LogP contribution in [-0.4, -0.2) is 9.72 Å². The van der Waals surface area contributed by atoms with E-state index in [1.165, 1.54) is 12.3 Å². The van der Waals surface area contributed by atoms with Crippen molar-refractivity contribution in [3.8, 4) is 0 Å². The highest BCUT2D eigenvalue weighted by Gasteiger charge is 2.34. The highest BCUT2D eigenvalue weighted by atomic mass is 19.4. The Labute approximate surface area is 99.6 Å². The molecule has 18 heavy (non-hydrogen) atoms. The van der Waals surface area contributed by atoms with Gasteiger partial charge in [0.2, 0.25) is 0 Å². The van der Waals surface area contributed by atoms with Gasteiger partial charge in [-0.15, -0.1) is 0 Å². The van der Waals surface area contributed by atoms with Gasteiger partial charge in [-0.3, -0.25) is 4.79 Å². The van der Waals surface area contributed by atoms with Gasteiger partial charge in [0.05, 0.1) is 12.2 Å². The Balaban J connectivity index is 2.38. The fourth-order valence-corrected chi connectivity index (χ4v) is 1.54. The molecule has 0 atom stereocenters. The Bertz CT molecular complexity index is 613. The summed E-state index contributed by atoms with van der Waals surface area (Å²) in [7, 11) is 0. The van der Waals surface area contributed by atoms with Crippen molar-refractivity contribution in [2.24, 2.45) is 0 Å². The molecule has 0 aromatic carbocycles. The predicted octanol–water partition coefficient (Wildman–Crippen LogP) is 2.21. The van der Waals surface area contributed by atoms with E-state index in [2.05, 4.69) is 5.16 Å². The third kappa shape index (κ3) is 2.44. The van der Waals surface area contributed by atoms with Crippen molar-refractivity contribution < 1.29 is 17.7 Å². The van der Waals surface area contributed by atoms with E-state index in [0.717, 1.165) is 10.6 Å². The van der Waals surface area contributed by atoms with E-state index >= 15 is 0 Å². The van der Waals surface area contributed by atoms with E-state index < -0.39 is 17.3 Å². The highest BCUT2D eigenvalue weighted by molar-refractivity contribution is 5.15. The number of hydrogen-bond acceptors (Lipinski definition) is 3. The third-order valence-corrected chi connectivity index (χ3v) is 2.33. The smallest absolute Gasteiger partial charge is 0.359 e. The average molecular weight is 258 g/mol. The Morgan fingerprint density at radius 3 is 2.72 bits per heavy atom. The van der Waals surface area contributed by atoms with E-state index in [1.807, 2.05) is 0 Å². The van der Waals surface area contributed by atoms with Crippen LogP contribution in [0, 0.1) is 6.92 Å². The number of hydrogen-bond donors (Lipinski definition) is 0. The molecule has 0 radical (unpaired) electrons. The van der Waals surface area contributed by atoms with E-state index in [4.69, 9.17) is 4.52 Å². The molecule has 2 heterocycles. The molecule has 2 aromatic heterocycles. The van der Waals surface area contributed by atoms with Crippen LogP contribution >= 0.6 is 0 Å². The Morgan fingerprint density at radius 1 is 1.44 bits per heavy atom. The Morgan fingerprint density at radius 2 is 2.17 bits per heavy atom. The third-order valence-electron chi connectivity index (χ3n) is 2.33. The van der Waals surface area contributed by atoms with Crippen LogP contribution in [0.2, 0.25) is 0 Å². The van der Waals surface area contributed by atoms with Crippen molar-refractivity contribution in [2.75, 3.05) is 0 Å². The maximum atomic E-state index is 12.5. The first-order valence-corrected chi connectivity index (χ1v) is 5.07. The van der Waals surface area contributed by atoms with Crippen LogP contribution in [0.3, 0.4) is 0 Å². The molecule has 2 rings (SSSR count). The second-order valence-corrected chi connectivity index (χ2v) is 3.79. The minimum absolute atomic E-state index is 0.0798. The summed E-state index contributed by atoms with van der Waals surface area (Å²) in [5.41, 5.74) is -1.69. The quantitative estimate of drug-likeness (QED) is 0.829. The molecule has 0 N–H and O–H groups in total. The van der Waals surface area contributed by atoms with Gasteiger partial charge in [0.15, 0.2) is 5.76 Å². The van der Waals surface area contributed by atoms with Gasteiger partial charge in [-0.25, -0.2) is 0 Å². The maximum absolute atomic E-state index is 12.5. The first kappa shape index (κ1) is 12.4. The van der Waals surface area contributed by atoms with Crippen LogP contribution in [0.1, 0.15) is 17.0 Å². The predicted molar refractivity (Wildman–Crippen MR) is 56.0 cm³/mol. The number of halogens is 3. The van der Waals surface area contributed by atoms with Crippen LogP contribution < -0.4 is 5.56 Å². The van der Waals surface area contributed by atoms with Gasteiger partial charge in [-0.1, -0.05) is 5.16 Å². The van der Waals surface area contributed by atoms with Crippen molar-refractivity contribution >= 4 is 0 Å². The molecule has 0 aliphatic rings. The molecule has 96 valence electrons. The lowest BCUT2D eigenvalue weighted by molar-refractivity contribution is -0.138. The lowest BCUT2D eigenvalue weighted by Crippen LogP contribution is -2.28. The van der Waals surface area contributed by atoms with Gasteiger partial charge in [0.1, 0.15) is 5.56 Å². The second kappa shape index (κ2) is 4.32. The van der Waals surface area contributed by atoms with E-state index in [1.54, 1.807) is 13.0 Å². The van der Waals surface area contributed by atoms with Crippen molar-refractivity contribution in [1.82, 2.24) is 9.72 Å². The molecular formula is C11H9F3N2O2. The summed E-state index contributed by atoms with van der Waals surface area (Å²) in [6.45, 7) is 1.60. The van der Waals surface area contributed by atoms with Gasteiger partial charge in [0.25, 0.3) is 5.56 Å². The summed E-state index contributed by atoms with van der Waals surface area (Å²) in [6, 6.07) is 3.49. The summed E-state index contributed by atoms with van der Waals surface area (Å²) in [5, 5.41) is 3.60. The molecule has 0 amide bonds. The minimum Gasteiger partial charge on any atom is -0.359 e. The molecule has 4 nitrogen and oxygen atoms in total. The maximum Gasteiger partial charge on any atom is 0.421 e. The molecule has 0 fully saturated rings. The van der Waals surface area contributed by atoms with Crippen LogP contribution in [0.4, 0.5) is 13.2 Å². The van der Waals surface area contributed by atoms with E-state index in [0.29, 0.717) is 11.5 Å². The second-order valence-electron chi connectivity index (χ2n) is 3.79. The summed E-state index contributed by atoms with van der Waals surface area (Å²) in [4.78, 5) is 11.6. The molecule has 2 aromatic rings. The lowest BCUT2D eigenvalue weighted by atomic mass is 10.2. The molecule has 7 heteroatoms. The molecule has 0 aliphatic heterocycles. The van der Waals surface area contributed by atoms with Crippen LogP contribution in [-0.2, 0) is 12.7 Å². The molecule has 0 saturated carbocycles. The molecular weight excluding hydrogens is 249 g/mol. The summed E-state index contributed by atoms with van der Waals surface area (Å²) in [5.74, 6) is 0.328. The summed E-state index contributed by atoms with van der Waals surface area (Å²) >= 11 is 0. The van der Waals surface area contributed by atoms with Crippen molar-refractivity contribution in [2.45, 2.75) is 19.6 Å². The number of aryl methyl sites for hydroxylation is 1. The van der Waals surface area contributed by atoms with Gasteiger partial charge >= 0.3 is 6.18 Å². The normalized spacial score (nSPS) is 11.8. The Hall–Kier alpha value is -2.05.